The topological polar surface area (TPSA) is 61.4 Å². The summed E-state index contributed by atoms with van der Waals surface area (Å²) < 4.78 is 35.5. The van der Waals surface area contributed by atoms with Gasteiger partial charge in [-0.2, -0.15) is 8.78 Å². The molecule has 0 saturated carbocycles. The second kappa shape index (κ2) is 13.9. The molecule has 0 bridgehead atoms. The molecule has 0 spiro atoms. The number of aliphatic imine (C=N–C) groups is 1. The molecule has 2 saturated heterocycles. The van der Waals surface area contributed by atoms with E-state index in [1.165, 1.54) is 0 Å². The Kier molecular flexibility index (Phi) is 11.6. The summed E-state index contributed by atoms with van der Waals surface area (Å²) in [4.78, 5) is 9.20. The van der Waals surface area contributed by atoms with Gasteiger partial charge in [-0.1, -0.05) is 12.1 Å². The Balaban J connectivity index is 0.00000341. The van der Waals surface area contributed by atoms with E-state index < -0.39 is 6.61 Å². The number of halogens is 3. The summed E-state index contributed by atoms with van der Waals surface area (Å²) in [5.41, 5.74) is 0.703. The predicted molar refractivity (Wildman–Crippen MR) is 130 cm³/mol. The molecule has 2 aliphatic heterocycles. The van der Waals surface area contributed by atoms with E-state index >= 15 is 0 Å². The summed E-state index contributed by atoms with van der Waals surface area (Å²) in [6.07, 6.45) is 1.91. The fourth-order valence-electron chi connectivity index (χ4n) is 3.83. The number of guanidine groups is 1. The minimum absolute atomic E-state index is 0. The number of ether oxygens (including phenoxy) is 2. The lowest BCUT2D eigenvalue weighted by Crippen LogP contribution is -2.44. The average Bonchev–Trinajstić information content (AvgIpc) is 3.20. The minimum Gasteiger partial charge on any atom is -0.433 e. The SMILES string of the molecule is CCNC(=NCCCN1CCOCC1)NC1CCN(c2ccccc2OC(F)F)C1.I. The molecular formula is C21H34F2IN5O2. The maximum absolute atomic E-state index is 12.7. The highest BCUT2D eigenvalue weighted by Crippen LogP contribution is 2.31. The standard InChI is InChI=1S/C21H33F2N5O2.HI/c1-2-24-21(25-9-5-10-27-12-14-29-15-13-27)26-17-8-11-28(16-17)18-6-3-4-7-19(18)30-20(22)23;/h3-4,6-7,17,20H,2,5,8-16H2,1H3,(H2,24,25,26);1H. The van der Waals surface area contributed by atoms with Crippen molar-refractivity contribution >= 4 is 35.6 Å². The van der Waals surface area contributed by atoms with Crippen molar-refractivity contribution in [3.8, 4) is 5.75 Å². The monoisotopic (exact) mass is 553 g/mol. The fraction of sp³-hybridized carbons (Fsp3) is 0.667. The Morgan fingerprint density at radius 1 is 1.26 bits per heavy atom. The highest BCUT2D eigenvalue weighted by Gasteiger charge is 2.26. The van der Waals surface area contributed by atoms with E-state index in [-0.39, 0.29) is 35.8 Å². The molecule has 2 aliphatic rings. The van der Waals surface area contributed by atoms with Crippen molar-refractivity contribution in [1.29, 1.82) is 0 Å². The van der Waals surface area contributed by atoms with Gasteiger partial charge in [-0.25, -0.2) is 0 Å². The van der Waals surface area contributed by atoms with E-state index in [1.807, 2.05) is 19.1 Å². The summed E-state index contributed by atoms with van der Waals surface area (Å²) >= 11 is 0. The summed E-state index contributed by atoms with van der Waals surface area (Å²) in [6, 6.07) is 7.16. The quantitative estimate of drug-likeness (QED) is 0.212. The number of hydrogen-bond donors (Lipinski definition) is 2. The predicted octanol–water partition coefficient (Wildman–Crippen LogP) is 2.76. The molecule has 0 aromatic heterocycles. The summed E-state index contributed by atoms with van der Waals surface area (Å²) in [5, 5.41) is 6.79. The van der Waals surface area contributed by atoms with Gasteiger partial charge in [0.15, 0.2) is 5.96 Å². The van der Waals surface area contributed by atoms with E-state index in [2.05, 4.69) is 25.2 Å². The number of nitrogens with one attached hydrogen (secondary N) is 2. The lowest BCUT2D eigenvalue weighted by atomic mass is 10.2. The van der Waals surface area contributed by atoms with Crippen molar-refractivity contribution in [1.82, 2.24) is 15.5 Å². The van der Waals surface area contributed by atoms with Crippen LogP contribution in [-0.2, 0) is 4.74 Å². The molecule has 0 amide bonds. The van der Waals surface area contributed by atoms with Gasteiger partial charge in [-0.15, -0.1) is 24.0 Å². The summed E-state index contributed by atoms with van der Waals surface area (Å²) in [7, 11) is 0. The molecule has 1 aromatic rings. The van der Waals surface area contributed by atoms with Crippen molar-refractivity contribution in [2.45, 2.75) is 32.4 Å². The van der Waals surface area contributed by atoms with Crippen molar-refractivity contribution in [2.75, 3.05) is 63.9 Å². The molecule has 1 aromatic carbocycles. The molecule has 176 valence electrons. The normalized spacial score (nSPS) is 19.9. The van der Waals surface area contributed by atoms with Crippen LogP contribution in [0.5, 0.6) is 5.75 Å². The first-order valence-corrected chi connectivity index (χ1v) is 10.8. The van der Waals surface area contributed by atoms with Gasteiger partial charge in [0.2, 0.25) is 0 Å². The molecule has 2 heterocycles. The van der Waals surface area contributed by atoms with Crippen LogP contribution in [-0.4, -0.2) is 82.5 Å². The molecule has 1 atom stereocenters. The van der Waals surface area contributed by atoms with E-state index in [4.69, 9.17) is 9.73 Å². The van der Waals surface area contributed by atoms with Gasteiger partial charge < -0.3 is 25.0 Å². The first-order valence-electron chi connectivity index (χ1n) is 10.8. The number of para-hydroxylation sites is 2. The highest BCUT2D eigenvalue weighted by molar-refractivity contribution is 14.0. The number of benzene rings is 1. The molecule has 3 rings (SSSR count). The fourth-order valence-corrected chi connectivity index (χ4v) is 3.83. The molecule has 2 fully saturated rings. The van der Waals surface area contributed by atoms with E-state index in [9.17, 15) is 8.78 Å². The zero-order valence-corrected chi connectivity index (χ0v) is 20.4. The van der Waals surface area contributed by atoms with Gasteiger partial charge in [-0.3, -0.25) is 9.89 Å². The molecule has 1 unspecified atom stereocenters. The zero-order chi connectivity index (χ0) is 21.2. The number of nitrogens with zero attached hydrogens (tertiary/aromatic N) is 3. The van der Waals surface area contributed by atoms with E-state index in [1.54, 1.807) is 12.1 Å². The third-order valence-electron chi connectivity index (χ3n) is 5.30. The van der Waals surface area contributed by atoms with Crippen molar-refractivity contribution < 1.29 is 18.3 Å². The van der Waals surface area contributed by atoms with Crippen LogP contribution in [0.15, 0.2) is 29.3 Å². The van der Waals surface area contributed by atoms with Crippen LogP contribution in [0.1, 0.15) is 19.8 Å². The Hall–Kier alpha value is -1.40. The van der Waals surface area contributed by atoms with Crippen LogP contribution >= 0.6 is 24.0 Å². The molecule has 2 N–H and O–H groups in total. The van der Waals surface area contributed by atoms with Crippen molar-refractivity contribution in [2.24, 2.45) is 4.99 Å². The second-order valence-electron chi connectivity index (χ2n) is 7.49. The first kappa shape index (κ1) is 25.9. The maximum atomic E-state index is 12.7. The zero-order valence-electron chi connectivity index (χ0n) is 18.1. The van der Waals surface area contributed by atoms with Gasteiger partial charge in [0.25, 0.3) is 0 Å². The van der Waals surface area contributed by atoms with Crippen LogP contribution < -0.4 is 20.3 Å². The maximum Gasteiger partial charge on any atom is 0.387 e. The molecule has 0 aliphatic carbocycles. The summed E-state index contributed by atoms with van der Waals surface area (Å²) in [5.74, 6) is 1.03. The van der Waals surface area contributed by atoms with Crippen LogP contribution in [0.2, 0.25) is 0 Å². The molecule has 0 radical (unpaired) electrons. The minimum atomic E-state index is -2.83. The van der Waals surface area contributed by atoms with Gasteiger partial charge >= 0.3 is 6.61 Å². The highest BCUT2D eigenvalue weighted by atomic mass is 127. The molecule has 7 nitrogen and oxygen atoms in total. The van der Waals surface area contributed by atoms with Gasteiger partial charge in [-0.05, 0) is 31.9 Å². The lowest BCUT2D eigenvalue weighted by Gasteiger charge is -2.26. The van der Waals surface area contributed by atoms with Crippen LogP contribution in [0, 0.1) is 0 Å². The Bertz CT molecular complexity index is 677. The van der Waals surface area contributed by atoms with Gasteiger partial charge in [0, 0.05) is 51.9 Å². The Morgan fingerprint density at radius 3 is 2.77 bits per heavy atom. The van der Waals surface area contributed by atoms with Crippen LogP contribution in [0.3, 0.4) is 0 Å². The van der Waals surface area contributed by atoms with Crippen molar-refractivity contribution in [3.05, 3.63) is 24.3 Å². The van der Waals surface area contributed by atoms with Gasteiger partial charge in [0.05, 0.1) is 18.9 Å². The average molecular weight is 553 g/mol. The van der Waals surface area contributed by atoms with Crippen LogP contribution in [0.4, 0.5) is 14.5 Å². The lowest BCUT2D eigenvalue weighted by molar-refractivity contribution is -0.0495. The molecular weight excluding hydrogens is 519 g/mol. The number of alkyl halides is 2. The number of morpholine rings is 1. The van der Waals surface area contributed by atoms with Crippen molar-refractivity contribution in [3.63, 3.8) is 0 Å². The Morgan fingerprint density at radius 2 is 2.03 bits per heavy atom. The number of anilines is 1. The largest absolute Gasteiger partial charge is 0.433 e. The van der Waals surface area contributed by atoms with Gasteiger partial charge in [0.1, 0.15) is 5.75 Å². The number of rotatable bonds is 9. The smallest absolute Gasteiger partial charge is 0.387 e. The van der Waals surface area contributed by atoms with E-state index in [0.29, 0.717) is 12.2 Å². The molecule has 10 heteroatoms. The second-order valence-corrected chi connectivity index (χ2v) is 7.49. The third kappa shape index (κ3) is 8.57. The number of hydrogen-bond acceptors (Lipinski definition) is 5. The van der Waals surface area contributed by atoms with E-state index in [0.717, 1.165) is 71.3 Å². The summed E-state index contributed by atoms with van der Waals surface area (Å²) in [6.45, 7) is 6.91. The van der Waals surface area contributed by atoms with Crippen LogP contribution in [0.25, 0.3) is 0 Å². The Labute approximate surface area is 200 Å². The first-order chi connectivity index (χ1) is 14.7. The molecule has 31 heavy (non-hydrogen) atoms. The third-order valence-corrected chi connectivity index (χ3v) is 5.30.